The molecule has 0 spiro atoms. The molecule has 2 aliphatic rings. The summed E-state index contributed by atoms with van der Waals surface area (Å²) in [7, 11) is 0. The highest BCUT2D eigenvalue weighted by Crippen LogP contribution is 2.29. The highest BCUT2D eigenvalue weighted by molar-refractivity contribution is 5.89. The van der Waals surface area contributed by atoms with Gasteiger partial charge >= 0.3 is 6.03 Å². The van der Waals surface area contributed by atoms with Crippen LogP contribution < -0.4 is 5.32 Å². The summed E-state index contributed by atoms with van der Waals surface area (Å²) in [6.45, 7) is 4.30. The lowest BCUT2D eigenvalue weighted by molar-refractivity contribution is 0.0732. The van der Waals surface area contributed by atoms with E-state index in [9.17, 15) is 9.90 Å². The fourth-order valence-electron chi connectivity index (χ4n) is 3.00. The summed E-state index contributed by atoms with van der Waals surface area (Å²) in [6.07, 6.45) is 3.20. The number of anilines is 1. The van der Waals surface area contributed by atoms with Gasteiger partial charge in [-0.25, -0.2) is 4.79 Å². The first-order valence-electron chi connectivity index (χ1n) is 7.10. The van der Waals surface area contributed by atoms with Crippen LogP contribution in [0.4, 0.5) is 10.6 Å². The van der Waals surface area contributed by atoms with E-state index in [1.54, 1.807) is 4.90 Å². The Labute approximate surface area is 118 Å². The number of carbonyl (C=O) groups excluding carboxylic acids is 1. The predicted octanol–water partition coefficient (Wildman–Crippen LogP) is 1.34. The van der Waals surface area contributed by atoms with E-state index in [1.807, 2.05) is 19.9 Å². The average Bonchev–Trinajstić information content (AvgIpc) is 2.94. The maximum atomic E-state index is 12.3. The molecule has 3 rings (SSSR count). The van der Waals surface area contributed by atoms with E-state index in [0.29, 0.717) is 18.8 Å². The van der Waals surface area contributed by atoms with Gasteiger partial charge in [0.15, 0.2) is 5.82 Å². The molecule has 1 aliphatic heterocycles. The smallest absolute Gasteiger partial charge is 0.323 e. The van der Waals surface area contributed by atoms with Crippen molar-refractivity contribution < 1.29 is 9.90 Å². The summed E-state index contributed by atoms with van der Waals surface area (Å²) < 4.78 is 0. The number of aliphatic hydroxyl groups excluding tert-OH is 1. The van der Waals surface area contributed by atoms with Crippen molar-refractivity contribution in [2.75, 3.05) is 11.9 Å². The normalized spacial score (nSPS) is 23.8. The minimum absolute atomic E-state index is 0.223. The zero-order valence-electron chi connectivity index (χ0n) is 11.9. The molecule has 1 aromatic rings. The Morgan fingerprint density at radius 3 is 2.95 bits per heavy atom. The summed E-state index contributed by atoms with van der Waals surface area (Å²) in [6, 6.07) is 1.69. The molecule has 20 heavy (non-hydrogen) atoms. The van der Waals surface area contributed by atoms with Gasteiger partial charge in [0.05, 0.1) is 17.3 Å². The van der Waals surface area contributed by atoms with Gasteiger partial charge in [-0.1, -0.05) is 0 Å². The molecule has 2 heterocycles. The van der Waals surface area contributed by atoms with Crippen molar-refractivity contribution in [1.82, 2.24) is 15.1 Å². The van der Waals surface area contributed by atoms with Crippen LogP contribution in [-0.4, -0.2) is 44.4 Å². The summed E-state index contributed by atoms with van der Waals surface area (Å²) in [5.41, 5.74) is 1.67. The second-order valence-electron chi connectivity index (χ2n) is 6.09. The maximum absolute atomic E-state index is 12.3. The third kappa shape index (κ3) is 2.14. The molecular formula is C14H20N4O2. The summed E-state index contributed by atoms with van der Waals surface area (Å²) in [5, 5.41) is 20.9. The lowest BCUT2D eigenvalue weighted by Gasteiger charge is -2.33. The molecule has 0 bridgehead atoms. The van der Waals surface area contributed by atoms with Crippen LogP contribution in [0.15, 0.2) is 6.07 Å². The Bertz CT molecular complexity index is 544. The molecule has 0 radical (unpaired) electrons. The average molecular weight is 276 g/mol. The van der Waals surface area contributed by atoms with E-state index in [-0.39, 0.29) is 6.03 Å². The summed E-state index contributed by atoms with van der Waals surface area (Å²) in [4.78, 5) is 14.0. The molecule has 1 saturated heterocycles. The van der Waals surface area contributed by atoms with Crippen LogP contribution in [0.25, 0.3) is 0 Å². The van der Waals surface area contributed by atoms with Crippen molar-refractivity contribution in [3.05, 3.63) is 17.3 Å². The first-order chi connectivity index (χ1) is 9.48. The van der Waals surface area contributed by atoms with E-state index in [1.165, 1.54) is 5.56 Å². The molecular weight excluding hydrogens is 256 g/mol. The van der Waals surface area contributed by atoms with Gasteiger partial charge in [0.25, 0.3) is 0 Å². The number of nitrogens with zero attached hydrogens (tertiary/aromatic N) is 3. The topological polar surface area (TPSA) is 78.4 Å². The predicted molar refractivity (Wildman–Crippen MR) is 74.5 cm³/mol. The highest BCUT2D eigenvalue weighted by Gasteiger charge is 2.43. The van der Waals surface area contributed by atoms with Crippen LogP contribution in [0, 0.1) is 0 Å². The second kappa shape index (κ2) is 4.70. The van der Waals surface area contributed by atoms with Gasteiger partial charge in [0, 0.05) is 6.54 Å². The molecule has 1 aromatic heterocycles. The van der Waals surface area contributed by atoms with Gasteiger partial charge in [0.2, 0.25) is 0 Å². The van der Waals surface area contributed by atoms with Crippen molar-refractivity contribution in [2.24, 2.45) is 0 Å². The number of aryl methyl sites for hydroxylation is 2. The fourth-order valence-corrected chi connectivity index (χ4v) is 3.00. The number of fused-ring (bicyclic) bond motifs is 1. The summed E-state index contributed by atoms with van der Waals surface area (Å²) >= 11 is 0. The van der Waals surface area contributed by atoms with Crippen LogP contribution in [0.2, 0.25) is 0 Å². The zero-order valence-corrected chi connectivity index (χ0v) is 11.9. The van der Waals surface area contributed by atoms with Gasteiger partial charge in [0.1, 0.15) is 0 Å². The van der Waals surface area contributed by atoms with E-state index in [2.05, 4.69) is 15.5 Å². The number of nitrogens with one attached hydrogen (secondary N) is 1. The SMILES string of the molecule is CC1(C)[C@@H](O)CCN1C(=O)Nc1cc2c(nn1)CCC2. The molecule has 2 amide bonds. The van der Waals surface area contributed by atoms with Gasteiger partial charge in [-0.3, -0.25) is 5.32 Å². The summed E-state index contributed by atoms with van der Waals surface area (Å²) in [5.74, 6) is 0.493. The van der Waals surface area contributed by atoms with E-state index in [0.717, 1.165) is 25.0 Å². The minimum Gasteiger partial charge on any atom is -0.391 e. The van der Waals surface area contributed by atoms with Crippen LogP contribution in [0.1, 0.15) is 37.9 Å². The first kappa shape index (κ1) is 13.3. The van der Waals surface area contributed by atoms with Crippen molar-refractivity contribution >= 4 is 11.8 Å². The molecule has 2 N–H and O–H groups in total. The van der Waals surface area contributed by atoms with Gasteiger partial charge < -0.3 is 10.0 Å². The highest BCUT2D eigenvalue weighted by atomic mass is 16.3. The first-order valence-corrected chi connectivity index (χ1v) is 7.10. The van der Waals surface area contributed by atoms with Gasteiger partial charge in [-0.15, -0.1) is 5.10 Å². The Morgan fingerprint density at radius 1 is 1.45 bits per heavy atom. The number of aromatic nitrogens is 2. The quantitative estimate of drug-likeness (QED) is 0.811. The molecule has 6 nitrogen and oxygen atoms in total. The van der Waals surface area contributed by atoms with E-state index >= 15 is 0 Å². The van der Waals surface area contributed by atoms with Crippen molar-refractivity contribution in [3.63, 3.8) is 0 Å². The molecule has 6 heteroatoms. The third-order valence-corrected chi connectivity index (χ3v) is 4.44. The monoisotopic (exact) mass is 276 g/mol. The number of urea groups is 1. The third-order valence-electron chi connectivity index (χ3n) is 4.44. The number of carbonyl (C=O) groups is 1. The lowest BCUT2D eigenvalue weighted by Crippen LogP contribution is -2.49. The van der Waals surface area contributed by atoms with Crippen LogP contribution in [-0.2, 0) is 12.8 Å². The van der Waals surface area contributed by atoms with E-state index < -0.39 is 11.6 Å². The zero-order chi connectivity index (χ0) is 14.3. The Kier molecular flexibility index (Phi) is 3.12. The lowest BCUT2D eigenvalue weighted by atomic mass is 9.99. The fraction of sp³-hybridized carbons (Fsp3) is 0.643. The van der Waals surface area contributed by atoms with Crippen LogP contribution in [0.5, 0.6) is 0 Å². The minimum atomic E-state index is -0.547. The standard InChI is InChI=1S/C14H20N4O2/c1-14(2)11(19)6-7-18(14)13(20)15-12-8-9-4-3-5-10(9)16-17-12/h8,11,19H,3-7H2,1-2H3,(H,15,17,20)/t11-/m0/s1. The number of amides is 2. The molecule has 108 valence electrons. The number of aliphatic hydroxyl groups is 1. The molecule has 1 atom stereocenters. The number of likely N-dealkylation sites (tertiary alicyclic amines) is 1. The van der Waals surface area contributed by atoms with Gasteiger partial charge in [-0.2, -0.15) is 5.10 Å². The maximum Gasteiger partial charge on any atom is 0.323 e. The van der Waals surface area contributed by atoms with Crippen molar-refractivity contribution in [2.45, 2.75) is 51.2 Å². The molecule has 0 saturated carbocycles. The molecule has 0 aromatic carbocycles. The number of hydrogen-bond donors (Lipinski definition) is 2. The molecule has 1 fully saturated rings. The van der Waals surface area contributed by atoms with Crippen LogP contribution in [0.3, 0.4) is 0 Å². The largest absolute Gasteiger partial charge is 0.391 e. The van der Waals surface area contributed by atoms with Gasteiger partial charge in [-0.05, 0) is 51.2 Å². The Morgan fingerprint density at radius 2 is 2.25 bits per heavy atom. The van der Waals surface area contributed by atoms with Crippen molar-refractivity contribution in [3.8, 4) is 0 Å². The number of hydrogen-bond acceptors (Lipinski definition) is 4. The Balaban J connectivity index is 1.73. The Hall–Kier alpha value is -1.69. The second-order valence-corrected chi connectivity index (χ2v) is 6.09. The molecule has 1 aliphatic carbocycles. The van der Waals surface area contributed by atoms with E-state index in [4.69, 9.17) is 0 Å². The molecule has 0 unspecified atom stereocenters. The van der Waals surface area contributed by atoms with Crippen molar-refractivity contribution in [1.29, 1.82) is 0 Å². The number of rotatable bonds is 1. The van der Waals surface area contributed by atoms with Crippen LogP contribution >= 0.6 is 0 Å².